The number of amides is 1. The summed E-state index contributed by atoms with van der Waals surface area (Å²) in [4.78, 5) is 14.6. The van der Waals surface area contributed by atoms with Crippen molar-refractivity contribution in [2.75, 3.05) is 26.3 Å². The minimum atomic E-state index is -0.828. The second-order valence-electron chi connectivity index (χ2n) is 6.91. The van der Waals surface area contributed by atoms with Gasteiger partial charge in [0.2, 0.25) is 5.91 Å². The van der Waals surface area contributed by atoms with Crippen LogP contribution in [0.25, 0.3) is 0 Å². The molecule has 1 unspecified atom stereocenters. The van der Waals surface area contributed by atoms with E-state index in [1.54, 1.807) is 0 Å². The Morgan fingerprint density at radius 3 is 2.47 bits per heavy atom. The molecule has 0 radical (unpaired) electrons. The molecule has 4 nitrogen and oxygen atoms in total. The molecular formula is C15H24N2O2. The lowest BCUT2D eigenvalue weighted by atomic mass is 9.79. The van der Waals surface area contributed by atoms with Crippen molar-refractivity contribution >= 4 is 5.91 Å². The monoisotopic (exact) mass is 264 g/mol. The SMILES string of the molecule is CC(C)(C)C1CCN(C(=O)C2(C#N)CCOCC2)C1. The molecule has 0 saturated carbocycles. The maximum absolute atomic E-state index is 12.7. The number of nitriles is 1. The Kier molecular flexibility index (Phi) is 3.87. The van der Waals surface area contributed by atoms with Crippen LogP contribution in [0.5, 0.6) is 0 Å². The van der Waals surface area contributed by atoms with E-state index in [0.29, 0.717) is 32.0 Å². The van der Waals surface area contributed by atoms with Crippen molar-refractivity contribution in [1.82, 2.24) is 4.90 Å². The minimum absolute atomic E-state index is 0.0325. The Morgan fingerprint density at radius 1 is 1.37 bits per heavy atom. The third kappa shape index (κ3) is 2.76. The molecule has 2 heterocycles. The molecule has 2 aliphatic rings. The van der Waals surface area contributed by atoms with Crippen molar-refractivity contribution in [3.63, 3.8) is 0 Å². The summed E-state index contributed by atoms with van der Waals surface area (Å²) in [7, 11) is 0. The van der Waals surface area contributed by atoms with E-state index in [2.05, 4.69) is 26.8 Å². The summed E-state index contributed by atoms with van der Waals surface area (Å²) in [6.07, 6.45) is 2.13. The van der Waals surface area contributed by atoms with E-state index in [9.17, 15) is 10.1 Å². The number of likely N-dealkylation sites (tertiary alicyclic amines) is 1. The van der Waals surface area contributed by atoms with Crippen molar-refractivity contribution < 1.29 is 9.53 Å². The van der Waals surface area contributed by atoms with Crippen LogP contribution >= 0.6 is 0 Å². The number of ether oxygens (including phenoxy) is 1. The van der Waals surface area contributed by atoms with Gasteiger partial charge in [-0.15, -0.1) is 0 Å². The summed E-state index contributed by atoms with van der Waals surface area (Å²) < 4.78 is 5.29. The summed E-state index contributed by atoms with van der Waals surface area (Å²) in [5.74, 6) is 0.567. The molecule has 1 atom stereocenters. The molecular weight excluding hydrogens is 240 g/mol. The number of rotatable bonds is 1. The number of nitrogens with zero attached hydrogens (tertiary/aromatic N) is 2. The van der Waals surface area contributed by atoms with Crippen LogP contribution in [0.2, 0.25) is 0 Å². The summed E-state index contributed by atoms with van der Waals surface area (Å²) in [5, 5.41) is 9.44. The van der Waals surface area contributed by atoms with Gasteiger partial charge in [-0.3, -0.25) is 4.79 Å². The van der Waals surface area contributed by atoms with Crippen molar-refractivity contribution in [2.24, 2.45) is 16.7 Å². The fourth-order valence-electron chi connectivity index (χ4n) is 3.05. The standard InChI is InChI=1S/C15H24N2O2/c1-14(2,3)12-4-7-17(10-12)13(18)15(11-16)5-8-19-9-6-15/h12H,4-10H2,1-3H3. The van der Waals surface area contributed by atoms with Gasteiger partial charge in [0.25, 0.3) is 0 Å². The van der Waals surface area contributed by atoms with Crippen LogP contribution in [0.1, 0.15) is 40.0 Å². The fourth-order valence-corrected chi connectivity index (χ4v) is 3.05. The predicted molar refractivity (Wildman–Crippen MR) is 72.2 cm³/mol. The summed E-state index contributed by atoms with van der Waals surface area (Å²) in [6, 6.07) is 2.28. The second-order valence-corrected chi connectivity index (χ2v) is 6.91. The first-order chi connectivity index (χ1) is 8.89. The highest BCUT2D eigenvalue weighted by Crippen LogP contribution is 2.38. The molecule has 2 aliphatic heterocycles. The largest absolute Gasteiger partial charge is 0.381 e. The highest BCUT2D eigenvalue weighted by Gasteiger charge is 2.45. The molecule has 0 bridgehead atoms. The maximum atomic E-state index is 12.7. The summed E-state index contributed by atoms with van der Waals surface area (Å²) in [5.41, 5.74) is -0.602. The van der Waals surface area contributed by atoms with E-state index in [0.717, 1.165) is 19.5 Å². The van der Waals surface area contributed by atoms with Gasteiger partial charge < -0.3 is 9.64 Å². The summed E-state index contributed by atoms with van der Waals surface area (Å²) >= 11 is 0. The van der Waals surface area contributed by atoms with Gasteiger partial charge >= 0.3 is 0 Å². The van der Waals surface area contributed by atoms with E-state index < -0.39 is 5.41 Å². The molecule has 0 aliphatic carbocycles. The van der Waals surface area contributed by atoms with Crippen molar-refractivity contribution in [3.05, 3.63) is 0 Å². The molecule has 4 heteroatoms. The van der Waals surface area contributed by atoms with Crippen molar-refractivity contribution in [2.45, 2.75) is 40.0 Å². The normalized spacial score (nSPS) is 27.1. The molecule has 0 aromatic rings. The molecule has 1 amide bonds. The zero-order valence-corrected chi connectivity index (χ0v) is 12.2. The lowest BCUT2D eigenvalue weighted by molar-refractivity contribution is -0.142. The van der Waals surface area contributed by atoms with Gasteiger partial charge in [0, 0.05) is 26.3 Å². The van der Waals surface area contributed by atoms with E-state index >= 15 is 0 Å². The van der Waals surface area contributed by atoms with Gasteiger partial charge in [-0.2, -0.15) is 5.26 Å². The number of carbonyl (C=O) groups is 1. The zero-order valence-electron chi connectivity index (χ0n) is 12.2. The third-order valence-corrected chi connectivity index (χ3v) is 4.67. The van der Waals surface area contributed by atoms with E-state index in [1.807, 2.05) is 4.90 Å². The van der Waals surface area contributed by atoms with Crippen LogP contribution in [0, 0.1) is 28.1 Å². The second kappa shape index (κ2) is 5.13. The minimum Gasteiger partial charge on any atom is -0.381 e. The molecule has 2 saturated heterocycles. The van der Waals surface area contributed by atoms with E-state index in [4.69, 9.17) is 4.74 Å². The van der Waals surface area contributed by atoms with Crippen LogP contribution in [-0.2, 0) is 9.53 Å². The summed E-state index contributed by atoms with van der Waals surface area (Å²) in [6.45, 7) is 9.31. The lowest BCUT2D eigenvalue weighted by Crippen LogP contribution is -2.45. The first kappa shape index (κ1) is 14.3. The van der Waals surface area contributed by atoms with Crippen LogP contribution < -0.4 is 0 Å². The maximum Gasteiger partial charge on any atom is 0.243 e. The molecule has 106 valence electrons. The van der Waals surface area contributed by atoms with Crippen LogP contribution in [0.4, 0.5) is 0 Å². The van der Waals surface area contributed by atoms with Crippen molar-refractivity contribution in [1.29, 1.82) is 5.26 Å². The van der Waals surface area contributed by atoms with Gasteiger partial charge in [-0.05, 0) is 30.6 Å². The Bertz CT molecular complexity index is 386. The number of hydrogen-bond donors (Lipinski definition) is 0. The molecule has 2 rings (SSSR count). The Labute approximate surface area is 115 Å². The van der Waals surface area contributed by atoms with Crippen LogP contribution in [0.3, 0.4) is 0 Å². The molecule has 0 spiro atoms. The third-order valence-electron chi connectivity index (χ3n) is 4.67. The number of carbonyl (C=O) groups excluding carboxylic acids is 1. The Balaban J connectivity index is 2.06. The first-order valence-electron chi connectivity index (χ1n) is 7.17. The van der Waals surface area contributed by atoms with Gasteiger partial charge in [0.15, 0.2) is 0 Å². The quantitative estimate of drug-likeness (QED) is 0.729. The van der Waals surface area contributed by atoms with E-state index in [-0.39, 0.29) is 11.3 Å². The predicted octanol–water partition coefficient (Wildman–Crippen LogP) is 2.20. The number of hydrogen-bond acceptors (Lipinski definition) is 3. The van der Waals surface area contributed by atoms with Gasteiger partial charge in [0.05, 0.1) is 6.07 Å². The molecule has 0 aromatic heterocycles. The Hall–Kier alpha value is -1.08. The molecule has 2 fully saturated rings. The van der Waals surface area contributed by atoms with Crippen molar-refractivity contribution in [3.8, 4) is 6.07 Å². The molecule has 19 heavy (non-hydrogen) atoms. The van der Waals surface area contributed by atoms with Gasteiger partial charge in [0.1, 0.15) is 5.41 Å². The van der Waals surface area contributed by atoms with Gasteiger partial charge in [-0.1, -0.05) is 20.8 Å². The first-order valence-corrected chi connectivity index (χ1v) is 7.17. The average molecular weight is 264 g/mol. The zero-order chi connectivity index (χ0) is 14.1. The smallest absolute Gasteiger partial charge is 0.243 e. The van der Waals surface area contributed by atoms with Gasteiger partial charge in [-0.25, -0.2) is 0 Å². The Morgan fingerprint density at radius 2 is 2.00 bits per heavy atom. The topological polar surface area (TPSA) is 53.3 Å². The van der Waals surface area contributed by atoms with Crippen LogP contribution in [-0.4, -0.2) is 37.1 Å². The molecule has 0 N–H and O–H groups in total. The highest BCUT2D eigenvalue weighted by molar-refractivity contribution is 5.85. The lowest BCUT2D eigenvalue weighted by Gasteiger charge is -2.34. The average Bonchev–Trinajstić information content (AvgIpc) is 2.88. The van der Waals surface area contributed by atoms with Crippen LogP contribution in [0.15, 0.2) is 0 Å². The highest BCUT2D eigenvalue weighted by atomic mass is 16.5. The molecule has 0 aromatic carbocycles. The fraction of sp³-hybridized carbons (Fsp3) is 0.867. The van der Waals surface area contributed by atoms with E-state index in [1.165, 1.54) is 0 Å².